The van der Waals surface area contributed by atoms with E-state index in [0.717, 1.165) is 6.26 Å². The summed E-state index contributed by atoms with van der Waals surface area (Å²) < 4.78 is 86.5. The second kappa shape index (κ2) is 16.4. The van der Waals surface area contributed by atoms with Crippen LogP contribution in [-0.4, -0.2) is 90.7 Å². The van der Waals surface area contributed by atoms with Gasteiger partial charge in [0.1, 0.15) is 16.4 Å². The average molecular weight is 641 g/mol. The van der Waals surface area contributed by atoms with Gasteiger partial charge in [-0.3, -0.25) is 9.59 Å². The van der Waals surface area contributed by atoms with Gasteiger partial charge in [0.25, 0.3) is 6.29 Å². The van der Waals surface area contributed by atoms with E-state index in [1.807, 2.05) is 0 Å². The molecular weight excluding hydrogens is 604 g/mol. The standard InChI is InChI=1S/C24H36N2O12S3/c1-5-36-24(29)38-22(16(2)3)37-20(27)14-26-21(28)18(13-17-9-7-6-8-10-17)15-41(34,35)23(39(30)31)19(25)11-12-40(4,32)33/h6-10,16,18-19,22H,5,11-15,25H2,1-4H3,(H,26,28). The van der Waals surface area contributed by atoms with E-state index in [1.165, 1.54) is 0 Å². The lowest BCUT2D eigenvalue weighted by molar-refractivity contribution is -0.178. The number of hydrogen-bond acceptors (Lipinski definition) is 13. The number of sulfone groups is 2. The predicted octanol–water partition coefficient (Wildman–Crippen LogP) is -0.154. The minimum atomic E-state index is -4.70. The third kappa shape index (κ3) is 13.5. The molecule has 1 aromatic carbocycles. The molecule has 0 radical (unpaired) electrons. The van der Waals surface area contributed by atoms with E-state index >= 15 is 0 Å². The Bertz CT molecular complexity index is 1400. The van der Waals surface area contributed by atoms with Crippen molar-refractivity contribution in [3.63, 3.8) is 0 Å². The van der Waals surface area contributed by atoms with Crippen LogP contribution in [0.3, 0.4) is 0 Å². The number of amides is 1. The normalized spacial score (nSPS) is 13.9. The van der Waals surface area contributed by atoms with Gasteiger partial charge in [0, 0.05) is 12.2 Å². The lowest BCUT2D eigenvalue weighted by atomic mass is 10.0. The van der Waals surface area contributed by atoms with Crippen LogP contribution in [0.4, 0.5) is 4.79 Å². The quantitative estimate of drug-likeness (QED) is 0.145. The van der Waals surface area contributed by atoms with Gasteiger partial charge in [-0.1, -0.05) is 44.2 Å². The minimum absolute atomic E-state index is 0.0288. The number of benzene rings is 1. The van der Waals surface area contributed by atoms with Crippen molar-refractivity contribution in [2.24, 2.45) is 17.6 Å². The van der Waals surface area contributed by atoms with Crippen molar-refractivity contribution < 1.29 is 53.8 Å². The second-order valence-corrected chi connectivity index (χ2v) is 14.8. The molecule has 41 heavy (non-hydrogen) atoms. The third-order valence-corrected chi connectivity index (χ3v) is 9.90. The molecule has 0 bridgehead atoms. The molecule has 3 N–H and O–H groups in total. The van der Waals surface area contributed by atoms with Crippen LogP contribution in [0.15, 0.2) is 30.3 Å². The van der Waals surface area contributed by atoms with Crippen molar-refractivity contribution in [1.29, 1.82) is 0 Å². The number of esters is 1. The third-order valence-electron chi connectivity index (χ3n) is 5.36. The number of nitrogens with one attached hydrogen (secondary N) is 1. The summed E-state index contributed by atoms with van der Waals surface area (Å²) in [5.74, 6) is -5.32. The van der Waals surface area contributed by atoms with E-state index in [1.54, 1.807) is 51.1 Å². The first kappa shape index (κ1) is 36.0. The molecule has 17 heteroatoms. The predicted molar refractivity (Wildman–Crippen MR) is 149 cm³/mol. The Morgan fingerprint density at radius 1 is 1.02 bits per heavy atom. The smallest absolute Gasteiger partial charge is 0.435 e. The molecule has 0 aliphatic rings. The zero-order valence-electron chi connectivity index (χ0n) is 23.1. The zero-order valence-corrected chi connectivity index (χ0v) is 25.6. The highest BCUT2D eigenvalue weighted by molar-refractivity contribution is 8.15. The van der Waals surface area contributed by atoms with Gasteiger partial charge in [-0.2, -0.15) is 8.42 Å². The second-order valence-electron chi connectivity index (χ2n) is 9.37. The Morgan fingerprint density at radius 2 is 1.63 bits per heavy atom. The maximum absolute atomic E-state index is 13.2. The van der Waals surface area contributed by atoms with Gasteiger partial charge in [0.05, 0.1) is 30.1 Å². The summed E-state index contributed by atoms with van der Waals surface area (Å²) in [6.45, 7) is 4.06. The minimum Gasteiger partial charge on any atom is -0.435 e. The van der Waals surface area contributed by atoms with Crippen LogP contribution in [0.2, 0.25) is 0 Å². The van der Waals surface area contributed by atoms with Crippen molar-refractivity contribution in [3.05, 3.63) is 35.9 Å². The molecular formula is C24H36N2O12S3. The number of ether oxygens (including phenoxy) is 3. The van der Waals surface area contributed by atoms with Gasteiger partial charge in [-0.25, -0.2) is 21.6 Å². The first-order valence-corrected chi connectivity index (χ1v) is 17.2. The lowest BCUT2D eigenvalue weighted by Crippen LogP contribution is -2.44. The summed E-state index contributed by atoms with van der Waals surface area (Å²) in [5, 5.41) is 2.27. The Kier molecular flexibility index (Phi) is 14.4. The molecule has 0 spiro atoms. The number of hydrogen-bond donors (Lipinski definition) is 2. The Labute approximate surface area is 241 Å². The molecule has 0 aromatic heterocycles. The molecule has 14 nitrogen and oxygen atoms in total. The molecule has 0 heterocycles. The average Bonchev–Trinajstić information content (AvgIpc) is 2.85. The van der Waals surface area contributed by atoms with E-state index in [0.29, 0.717) is 5.56 Å². The Hall–Kier alpha value is -3.02. The molecule has 1 amide bonds. The Morgan fingerprint density at radius 3 is 2.15 bits per heavy atom. The SMILES string of the molecule is CCOC(=O)OC(OC(=O)CNC(=O)C(Cc1ccccc1)CS(=O)(=O)C(C(N)CCS(C)(=O)=O)=S(=O)=O)C(C)C. The largest absolute Gasteiger partial charge is 0.511 e. The molecule has 0 saturated carbocycles. The molecule has 0 saturated heterocycles. The molecule has 1 rings (SSSR count). The molecule has 232 valence electrons. The molecule has 3 atom stereocenters. The summed E-state index contributed by atoms with van der Waals surface area (Å²) in [6, 6.07) is 6.58. The van der Waals surface area contributed by atoms with Crippen molar-refractivity contribution in [2.45, 2.75) is 45.9 Å². The van der Waals surface area contributed by atoms with Gasteiger partial charge in [0.2, 0.25) is 16.2 Å². The summed E-state index contributed by atoms with van der Waals surface area (Å²) in [5.41, 5.74) is 6.30. The fourth-order valence-electron chi connectivity index (χ4n) is 3.41. The van der Waals surface area contributed by atoms with E-state index in [-0.39, 0.29) is 13.0 Å². The van der Waals surface area contributed by atoms with Gasteiger partial charge in [0.15, 0.2) is 14.0 Å². The van der Waals surface area contributed by atoms with E-state index < -0.39 is 101 Å². The van der Waals surface area contributed by atoms with Gasteiger partial charge in [-0.15, -0.1) is 0 Å². The molecule has 0 fully saturated rings. The highest BCUT2D eigenvalue weighted by atomic mass is 32.2. The first-order chi connectivity index (χ1) is 19.0. The summed E-state index contributed by atoms with van der Waals surface area (Å²) in [4.78, 5) is 37.0. The van der Waals surface area contributed by atoms with Crippen LogP contribution in [0.5, 0.6) is 0 Å². The topological polar surface area (TPSA) is 219 Å². The van der Waals surface area contributed by atoms with Crippen LogP contribution in [0, 0.1) is 11.8 Å². The highest BCUT2D eigenvalue weighted by Crippen LogP contribution is 2.15. The van der Waals surface area contributed by atoms with Gasteiger partial charge < -0.3 is 25.3 Å². The van der Waals surface area contributed by atoms with Crippen LogP contribution >= 0.6 is 0 Å². The van der Waals surface area contributed by atoms with Crippen molar-refractivity contribution in [2.75, 3.05) is 30.9 Å². The number of nitrogens with two attached hydrogens (primary N) is 1. The monoisotopic (exact) mass is 640 g/mol. The maximum atomic E-state index is 13.2. The van der Waals surface area contributed by atoms with E-state index in [2.05, 4.69) is 10.1 Å². The fraction of sp³-hybridized carbons (Fsp3) is 0.583. The van der Waals surface area contributed by atoms with Crippen molar-refractivity contribution in [1.82, 2.24) is 5.32 Å². The van der Waals surface area contributed by atoms with Gasteiger partial charge in [-0.05, 0) is 25.3 Å². The first-order valence-electron chi connectivity index (χ1n) is 12.4. The molecule has 0 aliphatic heterocycles. The molecule has 0 aliphatic carbocycles. The molecule has 1 aromatic rings. The van der Waals surface area contributed by atoms with E-state index in [9.17, 15) is 39.6 Å². The summed E-state index contributed by atoms with van der Waals surface area (Å²) in [6.07, 6.45) is -2.13. The van der Waals surface area contributed by atoms with Crippen LogP contribution in [0.1, 0.15) is 32.8 Å². The molecule has 3 unspecified atom stereocenters. The number of carbonyl (C=O) groups is 3. The van der Waals surface area contributed by atoms with Gasteiger partial charge >= 0.3 is 12.1 Å². The van der Waals surface area contributed by atoms with Crippen LogP contribution in [0.25, 0.3) is 0 Å². The lowest BCUT2D eigenvalue weighted by Gasteiger charge is -2.22. The summed E-state index contributed by atoms with van der Waals surface area (Å²) >= 11 is 0. The summed E-state index contributed by atoms with van der Waals surface area (Å²) in [7, 11) is -11.6. The number of rotatable bonds is 15. The van der Waals surface area contributed by atoms with Crippen LogP contribution < -0.4 is 11.1 Å². The van der Waals surface area contributed by atoms with Crippen LogP contribution in [-0.2, 0) is 60.2 Å². The highest BCUT2D eigenvalue weighted by Gasteiger charge is 2.34. The Balaban J connectivity index is 3.13. The fourth-order valence-corrected chi connectivity index (χ4v) is 7.03. The zero-order chi connectivity index (χ0) is 31.4. The maximum Gasteiger partial charge on any atom is 0.511 e. The van der Waals surface area contributed by atoms with E-state index in [4.69, 9.17) is 15.2 Å². The van der Waals surface area contributed by atoms with Crippen molar-refractivity contribution in [3.8, 4) is 0 Å². The number of carbonyl (C=O) groups excluding carboxylic acids is 3. The van der Waals surface area contributed by atoms with Crippen molar-refractivity contribution >= 4 is 52.2 Å².